The third kappa shape index (κ3) is 4.82. The summed E-state index contributed by atoms with van der Waals surface area (Å²) >= 11 is 0. The van der Waals surface area contributed by atoms with E-state index in [0.29, 0.717) is 0 Å². The Morgan fingerprint density at radius 3 is 2.31 bits per heavy atom. The van der Waals surface area contributed by atoms with Gasteiger partial charge in [-0.15, -0.1) is 0 Å². The first kappa shape index (κ1) is 12.3. The molecular weight excluding hydrogens is 176 g/mol. The molecule has 0 heterocycles. The van der Waals surface area contributed by atoms with Crippen molar-refractivity contribution >= 4 is 5.97 Å². The minimum absolute atomic E-state index is 0.0556. The number of aliphatic hydroxyl groups is 3. The van der Waals surface area contributed by atoms with Gasteiger partial charge >= 0.3 is 5.97 Å². The number of hydrogen-bond donors (Lipinski definition) is 3. The van der Waals surface area contributed by atoms with E-state index in [4.69, 9.17) is 10.2 Å². The smallest absolute Gasteiger partial charge is 0.337 e. The van der Waals surface area contributed by atoms with Crippen LogP contribution in [0, 0.1) is 0 Å². The third-order valence-electron chi connectivity index (χ3n) is 1.48. The molecule has 0 amide bonds. The van der Waals surface area contributed by atoms with Crippen molar-refractivity contribution in [2.24, 2.45) is 0 Å². The highest BCUT2D eigenvalue weighted by atomic mass is 16.5. The Bertz CT molecular complexity index is 157. The van der Waals surface area contributed by atoms with Crippen molar-refractivity contribution in [2.75, 3.05) is 6.61 Å². The Balaban J connectivity index is 3.93. The second kappa shape index (κ2) is 5.90. The lowest BCUT2D eigenvalue weighted by Crippen LogP contribution is -2.37. The van der Waals surface area contributed by atoms with E-state index in [2.05, 4.69) is 4.74 Å². The molecule has 3 atom stereocenters. The summed E-state index contributed by atoms with van der Waals surface area (Å²) in [6, 6.07) is 0. The zero-order chi connectivity index (χ0) is 10.4. The summed E-state index contributed by atoms with van der Waals surface area (Å²) in [5.74, 6) is -0.865. The zero-order valence-electron chi connectivity index (χ0n) is 7.80. The summed E-state index contributed by atoms with van der Waals surface area (Å²) < 4.78 is 4.48. The van der Waals surface area contributed by atoms with Crippen molar-refractivity contribution in [3.8, 4) is 0 Å². The molecule has 0 aromatic carbocycles. The first-order chi connectivity index (χ1) is 5.99. The lowest BCUT2D eigenvalue weighted by molar-refractivity contribution is -0.160. The highest BCUT2D eigenvalue weighted by Crippen LogP contribution is 2.04. The Kier molecular flexibility index (Phi) is 5.61. The maximum atomic E-state index is 10.9. The summed E-state index contributed by atoms with van der Waals surface area (Å²) in [6.07, 6.45) is -3.67. The fraction of sp³-hybridized carbons (Fsp3) is 0.875. The first-order valence-corrected chi connectivity index (χ1v) is 4.19. The second-order valence-electron chi connectivity index (χ2n) is 2.85. The predicted octanol–water partition coefficient (Wildman–Crippen LogP) is -0.958. The monoisotopic (exact) mass is 192 g/mol. The minimum atomic E-state index is -1.57. The molecule has 5 heteroatoms. The highest BCUT2D eigenvalue weighted by Gasteiger charge is 2.26. The summed E-state index contributed by atoms with van der Waals surface area (Å²) in [7, 11) is 0. The van der Waals surface area contributed by atoms with Gasteiger partial charge in [-0.3, -0.25) is 0 Å². The van der Waals surface area contributed by atoms with Gasteiger partial charge < -0.3 is 20.1 Å². The van der Waals surface area contributed by atoms with Crippen LogP contribution < -0.4 is 0 Å². The van der Waals surface area contributed by atoms with Crippen LogP contribution in [-0.2, 0) is 9.53 Å². The van der Waals surface area contributed by atoms with Crippen LogP contribution in [0.3, 0.4) is 0 Å². The van der Waals surface area contributed by atoms with Gasteiger partial charge in [-0.05, 0) is 13.8 Å². The summed E-state index contributed by atoms with van der Waals surface area (Å²) in [4.78, 5) is 10.9. The number of rotatable bonds is 5. The van der Waals surface area contributed by atoms with E-state index < -0.39 is 24.3 Å². The standard InChI is InChI=1S/C8H16O5/c1-3-13-8(12)7(11)6(10)4-5(2)9/h5-7,9-11H,3-4H2,1-2H3/t5-,6-,7+/m1/s1. The topological polar surface area (TPSA) is 87.0 Å². The molecule has 0 bridgehead atoms. The van der Waals surface area contributed by atoms with Gasteiger partial charge in [0.25, 0.3) is 0 Å². The van der Waals surface area contributed by atoms with Crippen LogP contribution in [0.25, 0.3) is 0 Å². The molecule has 5 nitrogen and oxygen atoms in total. The predicted molar refractivity (Wildman–Crippen MR) is 44.9 cm³/mol. The van der Waals surface area contributed by atoms with E-state index in [1.54, 1.807) is 6.92 Å². The van der Waals surface area contributed by atoms with Gasteiger partial charge in [0, 0.05) is 6.42 Å². The molecule has 0 rings (SSSR count). The largest absolute Gasteiger partial charge is 0.464 e. The molecule has 0 aromatic heterocycles. The van der Waals surface area contributed by atoms with Gasteiger partial charge in [0.1, 0.15) is 0 Å². The van der Waals surface area contributed by atoms with E-state index in [0.717, 1.165) is 0 Å². The molecule has 0 unspecified atom stereocenters. The van der Waals surface area contributed by atoms with E-state index in [1.807, 2.05) is 0 Å². The number of ether oxygens (including phenoxy) is 1. The molecule has 13 heavy (non-hydrogen) atoms. The van der Waals surface area contributed by atoms with Gasteiger partial charge in [-0.25, -0.2) is 4.79 Å². The fourth-order valence-electron chi connectivity index (χ4n) is 0.863. The van der Waals surface area contributed by atoms with Crippen LogP contribution >= 0.6 is 0 Å². The maximum absolute atomic E-state index is 10.9. The fourth-order valence-corrected chi connectivity index (χ4v) is 0.863. The molecular formula is C8H16O5. The molecule has 0 radical (unpaired) electrons. The van der Waals surface area contributed by atoms with Crippen molar-refractivity contribution in [3.05, 3.63) is 0 Å². The van der Waals surface area contributed by atoms with Crippen LogP contribution in [0.15, 0.2) is 0 Å². The van der Waals surface area contributed by atoms with Crippen LogP contribution in [0.2, 0.25) is 0 Å². The normalized spacial score (nSPS) is 17.6. The first-order valence-electron chi connectivity index (χ1n) is 4.19. The number of esters is 1. The number of carbonyl (C=O) groups is 1. The van der Waals surface area contributed by atoms with Crippen molar-refractivity contribution in [1.29, 1.82) is 0 Å². The quantitative estimate of drug-likeness (QED) is 0.488. The number of aliphatic hydroxyl groups excluding tert-OH is 3. The molecule has 3 N–H and O–H groups in total. The average Bonchev–Trinajstić information content (AvgIpc) is 2.02. The van der Waals surface area contributed by atoms with Gasteiger partial charge in [-0.1, -0.05) is 0 Å². The van der Waals surface area contributed by atoms with Crippen molar-refractivity contribution in [1.82, 2.24) is 0 Å². The van der Waals surface area contributed by atoms with Crippen molar-refractivity contribution < 1.29 is 24.9 Å². The molecule has 0 spiro atoms. The van der Waals surface area contributed by atoms with Gasteiger partial charge in [0.15, 0.2) is 6.10 Å². The zero-order valence-corrected chi connectivity index (χ0v) is 7.80. The second-order valence-corrected chi connectivity index (χ2v) is 2.85. The molecule has 0 aliphatic heterocycles. The molecule has 0 saturated carbocycles. The molecule has 0 saturated heterocycles. The summed E-state index contributed by atoms with van der Waals surface area (Å²) in [5, 5.41) is 27.2. The third-order valence-corrected chi connectivity index (χ3v) is 1.48. The average molecular weight is 192 g/mol. The van der Waals surface area contributed by atoms with E-state index in [-0.39, 0.29) is 13.0 Å². The lowest BCUT2D eigenvalue weighted by Gasteiger charge is -2.17. The molecule has 0 aliphatic rings. The van der Waals surface area contributed by atoms with Crippen LogP contribution in [0.4, 0.5) is 0 Å². The Hall–Kier alpha value is -0.650. The van der Waals surface area contributed by atoms with Crippen molar-refractivity contribution in [3.63, 3.8) is 0 Å². The maximum Gasteiger partial charge on any atom is 0.337 e. The van der Waals surface area contributed by atoms with E-state index in [1.165, 1.54) is 6.92 Å². The SMILES string of the molecule is CCOC(=O)[C@@H](O)[C@H](O)C[C@@H](C)O. The molecule has 0 aromatic rings. The number of carbonyl (C=O) groups excluding carboxylic acids is 1. The Morgan fingerprint density at radius 2 is 1.92 bits per heavy atom. The lowest BCUT2D eigenvalue weighted by atomic mass is 10.1. The minimum Gasteiger partial charge on any atom is -0.464 e. The van der Waals surface area contributed by atoms with Crippen LogP contribution in [-0.4, -0.2) is 46.2 Å². The van der Waals surface area contributed by atoms with Crippen molar-refractivity contribution in [2.45, 2.75) is 38.6 Å². The Morgan fingerprint density at radius 1 is 1.38 bits per heavy atom. The highest BCUT2D eigenvalue weighted by molar-refractivity contribution is 5.75. The van der Waals surface area contributed by atoms with Gasteiger partial charge in [0.05, 0.1) is 18.8 Å². The molecule has 0 aliphatic carbocycles. The van der Waals surface area contributed by atoms with E-state index >= 15 is 0 Å². The van der Waals surface area contributed by atoms with E-state index in [9.17, 15) is 9.90 Å². The number of hydrogen-bond acceptors (Lipinski definition) is 5. The molecule has 0 fully saturated rings. The summed E-state index contributed by atoms with van der Waals surface area (Å²) in [5.41, 5.74) is 0. The van der Waals surface area contributed by atoms with Gasteiger partial charge in [-0.2, -0.15) is 0 Å². The summed E-state index contributed by atoms with van der Waals surface area (Å²) in [6.45, 7) is 3.21. The van der Waals surface area contributed by atoms with Gasteiger partial charge in [0.2, 0.25) is 0 Å². The van der Waals surface area contributed by atoms with Crippen LogP contribution in [0.5, 0.6) is 0 Å². The Labute approximate surface area is 77.0 Å². The van der Waals surface area contributed by atoms with Crippen LogP contribution in [0.1, 0.15) is 20.3 Å². The molecule has 78 valence electrons.